The highest BCUT2D eigenvalue weighted by atomic mass is 35.5. The van der Waals surface area contributed by atoms with Gasteiger partial charge in [-0.2, -0.15) is 0 Å². The van der Waals surface area contributed by atoms with E-state index in [0.717, 1.165) is 18.4 Å². The van der Waals surface area contributed by atoms with Crippen LogP contribution in [0, 0.1) is 0 Å². The molecule has 5 heteroatoms. The summed E-state index contributed by atoms with van der Waals surface area (Å²) in [5.74, 6) is -0.131. The maximum absolute atomic E-state index is 12.1. The molecule has 3 amide bonds. The molecular formula is C14H17ClN2O2. The van der Waals surface area contributed by atoms with E-state index in [0.29, 0.717) is 18.0 Å². The molecule has 1 aromatic carbocycles. The number of carbonyl (C=O) groups excluding carboxylic acids is 2. The fourth-order valence-electron chi connectivity index (χ4n) is 2.10. The van der Waals surface area contributed by atoms with Gasteiger partial charge in [-0.3, -0.25) is 9.69 Å². The van der Waals surface area contributed by atoms with E-state index in [1.807, 2.05) is 19.1 Å². The largest absolute Gasteiger partial charge is 0.325 e. The lowest BCUT2D eigenvalue weighted by atomic mass is 10.1. The molecule has 0 saturated carbocycles. The van der Waals surface area contributed by atoms with Gasteiger partial charge in [-0.15, -0.1) is 0 Å². The molecule has 1 N–H and O–H groups in total. The van der Waals surface area contributed by atoms with Crippen molar-refractivity contribution < 1.29 is 9.59 Å². The third-order valence-electron chi connectivity index (χ3n) is 3.20. The quantitative estimate of drug-likeness (QED) is 0.843. The number of halogens is 1. The minimum atomic E-state index is -0.453. The van der Waals surface area contributed by atoms with Crippen molar-refractivity contribution in [3.8, 4) is 0 Å². The minimum Gasteiger partial charge on any atom is -0.325 e. The van der Waals surface area contributed by atoms with E-state index < -0.39 is 6.04 Å². The van der Waals surface area contributed by atoms with E-state index in [4.69, 9.17) is 11.6 Å². The molecule has 1 heterocycles. The second-order valence-corrected chi connectivity index (χ2v) is 5.11. The zero-order chi connectivity index (χ0) is 13.8. The van der Waals surface area contributed by atoms with Crippen LogP contribution in [0.2, 0.25) is 5.02 Å². The molecule has 0 spiro atoms. The van der Waals surface area contributed by atoms with E-state index in [1.54, 1.807) is 12.1 Å². The first-order valence-electron chi connectivity index (χ1n) is 6.48. The number of amides is 3. The Balaban J connectivity index is 2.00. The Morgan fingerprint density at radius 2 is 1.95 bits per heavy atom. The minimum absolute atomic E-state index is 0.131. The molecule has 1 atom stereocenters. The average Bonchev–Trinajstić information content (AvgIpc) is 2.65. The second kappa shape index (κ2) is 6.06. The lowest BCUT2D eigenvalue weighted by molar-refractivity contribution is -0.127. The normalized spacial score (nSPS) is 18.8. The van der Waals surface area contributed by atoms with Crippen molar-refractivity contribution >= 4 is 23.5 Å². The van der Waals surface area contributed by atoms with Crippen molar-refractivity contribution in [2.75, 3.05) is 6.54 Å². The van der Waals surface area contributed by atoms with Crippen molar-refractivity contribution in [2.24, 2.45) is 0 Å². The first kappa shape index (κ1) is 13.9. The Morgan fingerprint density at radius 1 is 1.26 bits per heavy atom. The Labute approximate surface area is 117 Å². The molecule has 1 fully saturated rings. The molecule has 0 radical (unpaired) electrons. The molecule has 1 aromatic rings. The van der Waals surface area contributed by atoms with Gasteiger partial charge in [0, 0.05) is 18.0 Å². The third kappa shape index (κ3) is 3.26. The monoisotopic (exact) mass is 280 g/mol. The Bertz CT molecular complexity index is 473. The lowest BCUT2D eigenvalue weighted by Gasteiger charge is -2.12. The number of hydrogen-bond donors (Lipinski definition) is 1. The zero-order valence-electron chi connectivity index (χ0n) is 10.9. The van der Waals surface area contributed by atoms with Gasteiger partial charge in [0.25, 0.3) is 5.91 Å². The molecule has 1 aliphatic rings. The molecule has 102 valence electrons. The molecule has 19 heavy (non-hydrogen) atoms. The standard InChI is InChI=1S/C14H17ClN2O2/c1-2-3-8-17-13(18)12(16-14(17)19)9-10-4-6-11(15)7-5-10/h4-7,12H,2-3,8-9H2,1H3,(H,16,19). The zero-order valence-corrected chi connectivity index (χ0v) is 11.6. The number of nitrogens with zero attached hydrogens (tertiary/aromatic N) is 1. The average molecular weight is 281 g/mol. The summed E-state index contributed by atoms with van der Waals surface area (Å²) in [6, 6.07) is 6.58. The van der Waals surface area contributed by atoms with Crippen LogP contribution in [-0.2, 0) is 11.2 Å². The molecule has 1 aliphatic heterocycles. The van der Waals surface area contributed by atoms with Crippen molar-refractivity contribution in [3.05, 3.63) is 34.9 Å². The Morgan fingerprint density at radius 3 is 2.58 bits per heavy atom. The Hall–Kier alpha value is -1.55. The number of unbranched alkanes of at least 4 members (excludes halogenated alkanes) is 1. The summed E-state index contributed by atoms with van der Waals surface area (Å²) in [5.41, 5.74) is 0.986. The number of benzene rings is 1. The Kier molecular flexibility index (Phi) is 4.43. The van der Waals surface area contributed by atoms with Crippen molar-refractivity contribution in [1.82, 2.24) is 10.2 Å². The fourth-order valence-corrected chi connectivity index (χ4v) is 2.23. The van der Waals surface area contributed by atoms with Gasteiger partial charge in [0.05, 0.1) is 0 Å². The molecule has 1 unspecified atom stereocenters. The molecule has 0 aliphatic carbocycles. The van der Waals surface area contributed by atoms with E-state index >= 15 is 0 Å². The SMILES string of the molecule is CCCCN1C(=O)NC(Cc2ccc(Cl)cc2)C1=O. The first-order chi connectivity index (χ1) is 9.11. The smallest absolute Gasteiger partial charge is 0.324 e. The molecule has 2 rings (SSSR count). The van der Waals surface area contributed by atoms with E-state index in [9.17, 15) is 9.59 Å². The van der Waals surface area contributed by atoms with Crippen LogP contribution in [0.25, 0.3) is 0 Å². The van der Waals surface area contributed by atoms with Gasteiger partial charge >= 0.3 is 6.03 Å². The molecule has 4 nitrogen and oxygen atoms in total. The van der Waals surface area contributed by atoms with Crippen LogP contribution in [0.1, 0.15) is 25.3 Å². The number of nitrogens with one attached hydrogen (secondary N) is 1. The topological polar surface area (TPSA) is 49.4 Å². The van der Waals surface area contributed by atoms with Gasteiger partial charge in [-0.25, -0.2) is 4.79 Å². The van der Waals surface area contributed by atoms with Crippen molar-refractivity contribution in [1.29, 1.82) is 0 Å². The maximum atomic E-state index is 12.1. The highest BCUT2D eigenvalue weighted by Gasteiger charge is 2.37. The predicted molar refractivity (Wildman–Crippen MR) is 74.1 cm³/mol. The van der Waals surface area contributed by atoms with Crippen LogP contribution in [0.15, 0.2) is 24.3 Å². The van der Waals surface area contributed by atoms with Gasteiger partial charge in [-0.1, -0.05) is 37.1 Å². The summed E-state index contributed by atoms with van der Waals surface area (Å²) in [4.78, 5) is 25.1. The predicted octanol–water partition coefficient (Wildman–Crippen LogP) is 2.60. The van der Waals surface area contributed by atoms with Gasteiger partial charge in [-0.05, 0) is 24.1 Å². The number of carbonyl (C=O) groups is 2. The van der Waals surface area contributed by atoms with E-state index in [-0.39, 0.29) is 11.9 Å². The summed E-state index contributed by atoms with van der Waals surface area (Å²) in [5, 5.41) is 3.39. The van der Waals surface area contributed by atoms with Crippen LogP contribution in [-0.4, -0.2) is 29.4 Å². The van der Waals surface area contributed by atoms with Crippen LogP contribution in [0.4, 0.5) is 4.79 Å². The first-order valence-corrected chi connectivity index (χ1v) is 6.86. The number of imide groups is 1. The molecule has 0 bridgehead atoms. The highest BCUT2D eigenvalue weighted by Crippen LogP contribution is 2.15. The molecule has 1 saturated heterocycles. The maximum Gasteiger partial charge on any atom is 0.324 e. The van der Waals surface area contributed by atoms with Crippen LogP contribution < -0.4 is 5.32 Å². The van der Waals surface area contributed by atoms with Crippen LogP contribution >= 0.6 is 11.6 Å². The van der Waals surface area contributed by atoms with Gasteiger partial charge in [0.1, 0.15) is 6.04 Å². The molecular weight excluding hydrogens is 264 g/mol. The number of rotatable bonds is 5. The third-order valence-corrected chi connectivity index (χ3v) is 3.45. The van der Waals surface area contributed by atoms with Crippen LogP contribution in [0.3, 0.4) is 0 Å². The van der Waals surface area contributed by atoms with Gasteiger partial charge in [0.15, 0.2) is 0 Å². The van der Waals surface area contributed by atoms with Crippen molar-refractivity contribution in [2.45, 2.75) is 32.2 Å². The molecule has 0 aromatic heterocycles. The lowest BCUT2D eigenvalue weighted by Crippen LogP contribution is -2.33. The van der Waals surface area contributed by atoms with Crippen molar-refractivity contribution in [3.63, 3.8) is 0 Å². The van der Waals surface area contributed by atoms with Crippen LogP contribution in [0.5, 0.6) is 0 Å². The fraction of sp³-hybridized carbons (Fsp3) is 0.429. The summed E-state index contributed by atoms with van der Waals surface area (Å²) >= 11 is 5.82. The summed E-state index contributed by atoms with van der Waals surface area (Å²) in [6.07, 6.45) is 2.30. The second-order valence-electron chi connectivity index (χ2n) is 4.68. The summed E-state index contributed by atoms with van der Waals surface area (Å²) in [7, 11) is 0. The number of hydrogen-bond acceptors (Lipinski definition) is 2. The van der Waals surface area contributed by atoms with Gasteiger partial charge in [0.2, 0.25) is 0 Å². The summed E-state index contributed by atoms with van der Waals surface area (Å²) < 4.78 is 0. The van der Waals surface area contributed by atoms with Gasteiger partial charge < -0.3 is 5.32 Å². The van der Waals surface area contributed by atoms with E-state index in [2.05, 4.69) is 5.32 Å². The summed E-state index contributed by atoms with van der Waals surface area (Å²) in [6.45, 7) is 2.53. The highest BCUT2D eigenvalue weighted by molar-refractivity contribution is 6.30. The number of urea groups is 1. The van der Waals surface area contributed by atoms with E-state index in [1.165, 1.54) is 4.90 Å².